The molecule has 0 aliphatic rings. The molecule has 9 heteroatoms. The molecule has 0 radical (unpaired) electrons. The Labute approximate surface area is 126 Å². The Bertz CT molecular complexity index is 569. The molecule has 1 heterocycles. The Morgan fingerprint density at radius 2 is 2.14 bits per heavy atom. The lowest BCUT2D eigenvalue weighted by Crippen LogP contribution is -2.14. The van der Waals surface area contributed by atoms with Crippen molar-refractivity contribution < 1.29 is 28.5 Å². The minimum atomic E-state index is -0.804. The maximum absolute atomic E-state index is 11.8. The van der Waals surface area contributed by atoms with Crippen LogP contribution in [0.5, 0.6) is 5.88 Å². The van der Waals surface area contributed by atoms with Crippen LogP contribution in [0.2, 0.25) is 0 Å². The average Bonchev–Trinajstić information content (AvgIpc) is 2.49. The second-order valence-electron chi connectivity index (χ2n) is 3.85. The molecular formula is C13H15N3O6. The van der Waals surface area contributed by atoms with E-state index in [1.165, 1.54) is 19.4 Å². The largest absolute Gasteiger partial charge is 0.475 e. The zero-order chi connectivity index (χ0) is 16.4. The molecule has 0 saturated heterocycles. The molecule has 0 unspecified atom stereocenters. The number of aromatic nitrogens is 1. The molecule has 2 N–H and O–H groups in total. The number of nitrogens with two attached hydrogens (primary N) is 1. The van der Waals surface area contributed by atoms with Gasteiger partial charge in [-0.05, 0) is 0 Å². The second-order valence-corrected chi connectivity index (χ2v) is 3.85. The highest BCUT2D eigenvalue weighted by Crippen LogP contribution is 2.17. The molecule has 0 amide bonds. The summed E-state index contributed by atoms with van der Waals surface area (Å²) in [7, 11) is 1.52. The van der Waals surface area contributed by atoms with E-state index < -0.39 is 25.2 Å². The molecule has 0 atom stereocenters. The van der Waals surface area contributed by atoms with Gasteiger partial charge in [-0.25, -0.2) is 9.78 Å². The third-order valence-electron chi connectivity index (χ3n) is 2.30. The van der Waals surface area contributed by atoms with Crippen molar-refractivity contribution in [2.45, 2.75) is 6.42 Å². The number of hydrogen-bond donors (Lipinski definition) is 1. The number of carbonyl (C=O) groups is 2. The van der Waals surface area contributed by atoms with Gasteiger partial charge in [-0.2, -0.15) is 5.26 Å². The SMILES string of the molecule is COCCOc1cc(C(=O)OCOC(=O)CC#N)c(N)cn1. The van der Waals surface area contributed by atoms with Crippen molar-refractivity contribution in [1.82, 2.24) is 4.98 Å². The maximum atomic E-state index is 11.8. The van der Waals surface area contributed by atoms with Crippen LogP contribution in [0.25, 0.3) is 0 Å². The van der Waals surface area contributed by atoms with Gasteiger partial charge in [0.05, 0.1) is 30.1 Å². The summed E-state index contributed by atoms with van der Waals surface area (Å²) in [6.07, 6.45) is 0.826. The highest BCUT2D eigenvalue weighted by atomic mass is 16.7. The molecule has 1 aromatic heterocycles. The first kappa shape index (κ1) is 17.2. The Hall–Kier alpha value is -2.86. The molecule has 118 valence electrons. The Morgan fingerprint density at radius 1 is 1.36 bits per heavy atom. The summed E-state index contributed by atoms with van der Waals surface area (Å²) in [5.41, 5.74) is 5.75. The number of rotatable bonds is 8. The number of methoxy groups -OCH3 is 1. The van der Waals surface area contributed by atoms with Crippen LogP contribution in [-0.2, 0) is 19.0 Å². The summed E-state index contributed by atoms with van der Waals surface area (Å²) in [6, 6.07) is 2.92. The molecule has 0 spiro atoms. The van der Waals surface area contributed by atoms with E-state index >= 15 is 0 Å². The predicted molar refractivity (Wildman–Crippen MR) is 72.6 cm³/mol. The van der Waals surface area contributed by atoms with Crippen molar-refractivity contribution in [3.05, 3.63) is 17.8 Å². The first-order chi connectivity index (χ1) is 10.6. The number of hydrogen-bond acceptors (Lipinski definition) is 9. The summed E-state index contributed by atoms with van der Waals surface area (Å²) in [6.45, 7) is 0.00926. The molecular weight excluding hydrogens is 294 g/mol. The molecule has 0 bridgehead atoms. The van der Waals surface area contributed by atoms with E-state index in [2.05, 4.69) is 9.72 Å². The van der Waals surface area contributed by atoms with Crippen molar-refractivity contribution in [1.29, 1.82) is 5.26 Å². The number of nitrogens with zero attached hydrogens (tertiary/aromatic N) is 2. The summed E-state index contributed by atoms with van der Waals surface area (Å²) < 4.78 is 19.3. The zero-order valence-corrected chi connectivity index (χ0v) is 11.9. The van der Waals surface area contributed by atoms with Crippen LogP contribution in [0.15, 0.2) is 12.3 Å². The van der Waals surface area contributed by atoms with Crippen molar-refractivity contribution in [2.24, 2.45) is 0 Å². The molecule has 0 aliphatic heterocycles. The van der Waals surface area contributed by atoms with E-state index in [1.54, 1.807) is 6.07 Å². The second kappa shape index (κ2) is 9.15. The third kappa shape index (κ3) is 5.64. The summed E-state index contributed by atoms with van der Waals surface area (Å²) in [5, 5.41) is 8.27. The normalized spacial score (nSPS) is 9.64. The lowest BCUT2D eigenvalue weighted by Gasteiger charge is -2.09. The zero-order valence-electron chi connectivity index (χ0n) is 11.9. The number of anilines is 1. The van der Waals surface area contributed by atoms with E-state index in [9.17, 15) is 9.59 Å². The number of pyridine rings is 1. The predicted octanol–water partition coefficient (Wildman–Crippen LogP) is 0.260. The van der Waals surface area contributed by atoms with Gasteiger partial charge in [0.2, 0.25) is 12.7 Å². The number of ether oxygens (including phenoxy) is 4. The molecule has 1 rings (SSSR count). The molecule has 0 saturated carbocycles. The van der Waals surface area contributed by atoms with Gasteiger partial charge < -0.3 is 24.7 Å². The molecule has 0 aliphatic carbocycles. The molecule has 9 nitrogen and oxygen atoms in total. The van der Waals surface area contributed by atoms with Gasteiger partial charge in [0.1, 0.15) is 13.0 Å². The third-order valence-corrected chi connectivity index (χ3v) is 2.30. The molecule has 1 aromatic rings. The minimum absolute atomic E-state index is 0.0266. The van der Waals surface area contributed by atoms with Crippen LogP contribution in [0.4, 0.5) is 5.69 Å². The molecule has 22 heavy (non-hydrogen) atoms. The fourth-order valence-corrected chi connectivity index (χ4v) is 1.27. The van der Waals surface area contributed by atoms with Crippen molar-refractivity contribution in [3.8, 4) is 11.9 Å². The van der Waals surface area contributed by atoms with Crippen molar-refractivity contribution >= 4 is 17.6 Å². The van der Waals surface area contributed by atoms with Crippen LogP contribution in [0.1, 0.15) is 16.8 Å². The van der Waals surface area contributed by atoms with Gasteiger partial charge in [-0.15, -0.1) is 0 Å². The summed E-state index contributed by atoms with van der Waals surface area (Å²) in [4.78, 5) is 26.6. The smallest absolute Gasteiger partial charge is 0.343 e. The van der Waals surface area contributed by atoms with E-state index in [0.29, 0.717) is 6.61 Å². The maximum Gasteiger partial charge on any atom is 0.343 e. The van der Waals surface area contributed by atoms with E-state index in [1.807, 2.05) is 0 Å². The number of nitrogen functional groups attached to an aromatic ring is 1. The van der Waals surface area contributed by atoms with Crippen LogP contribution in [0, 0.1) is 11.3 Å². The van der Waals surface area contributed by atoms with Crippen molar-refractivity contribution in [3.63, 3.8) is 0 Å². The average molecular weight is 309 g/mol. The first-order valence-corrected chi connectivity index (χ1v) is 6.15. The Morgan fingerprint density at radius 3 is 2.82 bits per heavy atom. The van der Waals surface area contributed by atoms with Gasteiger partial charge in [0, 0.05) is 13.2 Å². The Kier molecular flexibility index (Phi) is 7.15. The highest BCUT2D eigenvalue weighted by molar-refractivity contribution is 5.95. The van der Waals surface area contributed by atoms with E-state index in [4.69, 9.17) is 25.2 Å². The Balaban J connectivity index is 2.58. The van der Waals surface area contributed by atoms with E-state index in [0.717, 1.165) is 0 Å². The highest BCUT2D eigenvalue weighted by Gasteiger charge is 2.14. The number of nitriles is 1. The summed E-state index contributed by atoms with van der Waals surface area (Å²) in [5.74, 6) is -1.41. The van der Waals surface area contributed by atoms with Gasteiger partial charge in [0.25, 0.3) is 0 Å². The minimum Gasteiger partial charge on any atom is -0.475 e. The van der Waals surface area contributed by atoms with Crippen LogP contribution < -0.4 is 10.5 Å². The number of carbonyl (C=O) groups excluding carboxylic acids is 2. The van der Waals surface area contributed by atoms with Gasteiger partial charge >= 0.3 is 11.9 Å². The van der Waals surface area contributed by atoms with Crippen LogP contribution >= 0.6 is 0 Å². The van der Waals surface area contributed by atoms with Gasteiger partial charge in [-0.3, -0.25) is 4.79 Å². The first-order valence-electron chi connectivity index (χ1n) is 6.15. The monoisotopic (exact) mass is 309 g/mol. The topological polar surface area (TPSA) is 134 Å². The van der Waals surface area contributed by atoms with Gasteiger partial charge in [-0.1, -0.05) is 0 Å². The number of esters is 2. The fourth-order valence-electron chi connectivity index (χ4n) is 1.27. The summed E-state index contributed by atoms with van der Waals surface area (Å²) >= 11 is 0. The van der Waals surface area contributed by atoms with Crippen LogP contribution in [-0.4, -0.2) is 44.0 Å². The lowest BCUT2D eigenvalue weighted by molar-refractivity contribution is -0.150. The van der Waals surface area contributed by atoms with Crippen molar-refractivity contribution in [2.75, 3.05) is 32.9 Å². The van der Waals surface area contributed by atoms with Crippen LogP contribution in [0.3, 0.4) is 0 Å². The standard InChI is InChI=1S/C13H15N3O6/c1-19-4-5-20-11-6-9(10(15)7-16-11)13(18)22-8-21-12(17)2-3-14/h6-7H,2,4-5,8,15H2,1H3. The van der Waals surface area contributed by atoms with Gasteiger partial charge in [0.15, 0.2) is 0 Å². The van der Waals surface area contributed by atoms with E-state index in [-0.39, 0.29) is 23.7 Å². The molecule has 0 aromatic carbocycles. The molecule has 0 fully saturated rings. The quantitative estimate of drug-likeness (QED) is 0.407. The lowest BCUT2D eigenvalue weighted by atomic mass is 10.2. The fraction of sp³-hybridized carbons (Fsp3) is 0.385.